The minimum absolute atomic E-state index is 0.295. The molecular formula is C28H26ClN5O3. The highest BCUT2D eigenvalue weighted by molar-refractivity contribution is 6.30. The van der Waals surface area contributed by atoms with E-state index in [0.717, 1.165) is 11.1 Å². The van der Waals surface area contributed by atoms with Crippen molar-refractivity contribution in [2.75, 3.05) is 24.4 Å². The first kappa shape index (κ1) is 24.4. The molecule has 5 rings (SSSR count). The molecule has 188 valence electrons. The van der Waals surface area contributed by atoms with Crippen LogP contribution in [0, 0.1) is 0 Å². The zero-order valence-electron chi connectivity index (χ0n) is 20.7. The van der Waals surface area contributed by atoms with E-state index in [1.54, 1.807) is 30.0 Å². The lowest BCUT2D eigenvalue weighted by molar-refractivity contribution is -0.113. The van der Waals surface area contributed by atoms with Crippen molar-refractivity contribution in [1.29, 1.82) is 0 Å². The number of halogens is 1. The van der Waals surface area contributed by atoms with Crippen LogP contribution >= 0.6 is 11.6 Å². The Bertz CT molecular complexity index is 1500. The smallest absolute Gasteiger partial charge is 0.255 e. The zero-order chi connectivity index (χ0) is 25.9. The molecular weight excluding hydrogens is 490 g/mol. The van der Waals surface area contributed by atoms with Crippen molar-refractivity contribution < 1.29 is 14.3 Å². The molecule has 1 amide bonds. The number of carbonyl (C=O) groups excluding carboxylic acids is 1. The predicted octanol–water partition coefficient (Wildman–Crippen LogP) is 5.93. The van der Waals surface area contributed by atoms with Gasteiger partial charge in [0.15, 0.2) is 5.82 Å². The highest BCUT2D eigenvalue weighted by Crippen LogP contribution is 2.40. The summed E-state index contributed by atoms with van der Waals surface area (Å²) in [7, 11) is 1.57. The maximum absolute atomic E-state index is 13.8. The Morgan fingerprint density at radius 3 is 2.59 bits per heavy atom. The van der Waals surface area contributed by atoms with Crippen molar-refractivity contribution in [3.05, 3.63) is 94.7 Å². The Labute approximate surface area is 219 Å². The Kier molecular flexibility index (Phi) is 6.83. The van der Waals surface area contributed by atoms with Gasteiger partial charge in [-0.2, -0.15) is 4.98 Å². The molecule has 9 heteroatoms. The van der Waals surface area contributed by atoms with Gasteiger partial charge in [0.2, 0.25) is 5.95 Å². The van der Waals surface area contributed by atoms with Gasteiger partial charge in [-0.1, -0.05) is 54.1 Å². The van der Waals surface area contributed by atoms with Crippen LogP contribution in [0.5, 0.6) is 11.5 Å². The molecule has 2 N–H and O–H groups in total. The molecule has 0 spiro atoms. The third-order valence-corrected chi connectivity index (χ3v) is 6.28. The number of aromatic nitrogens is 3. The number of anilines is 2. The van der Waals surface area contributed by atoms with E-state index in [2.05, 4.69) is 10.6 Å². The van der Waals surface area contributed by atoms with Crippen LogP contribution < -0.4 is 20.1 Å². The fraction of sp³-hybridized carbons (Fsp3) is 0.179. The van der Waals surface area contributed by atoms with Crippen molar-refractivity contribution in [3.8, 4) is 22.9 Å². The molecule has 4 aromatic rings. The van der Waals surface area contributed by atoms with Gasteiger partial charge in [0.1, 0.15) is 17.5 Å². The average Bonchev–Trinajstić information content (AvgIpc) is 3.32. The fourth-order valence-corrected chi connectivity index (χ4v) is 4.60. The van der Waals surface area contributed by atoms with E-state index in [1.165, 1.54) is 0 Å². The highest BCUT2D eigenvalue weighted by Gasteiger charge is 2.36. The number of benzene rings is 3. The summed E-state index contributed by atoms with van der Waals surface area (Å²) in [5, 5.41) is 11.7. The summed E-state index contributed by atoms with van der Waals surface area (Å²) >= 11 is 6.23. The number of allylic oxidation sites excluding steroid dienone is 1. The van der Waals surface area contributed by atoms with Gasteiger partial charge in [0.05, 0.1) is 25.0 Å². The summed E-state index contributed by atoms with van der Waals surface area (Å²) < 4.78 is 13.1. The first-order valence-corrected chi connectivity index (χ1v) is 12.2. The SMILES string of the molecule is CCOc1ccccc1C1C(C(=O)Nc2ccccc2OC)=C(C)Nc2nc(-c3cccc(Cl)c3)nn21. The fourth-order valence-electron chi connectivity index (χ4n) is 4.41. The molecule has 0 fully saturated rings. The van der Waals surface area contributed by atoms with Gasteiger partial charge in [0.25, 0.3) is 5.91 Å². The van der Waals surface area contributed by atoms with Gasteiger partial charge in [-0.3, -0.25) is 4.79 Å². The second-order valence-corrected chi connectivity index (χ2v) is 8.84. The molecule has 1 aromatic heterocycles. The van der Waals surface area contributed by atoms with Gasteiger partial charge in [0, 0.05) is 21.8 Å². The Morgan fingerprint density at radius 1 is 1.08 bits per heavy atom. The van der Waals surface area contributed by atoms with Crippen LogP contribution in [0.25, 0.3) is 11.4 Å². The number of nitrogens with zero attached hydrogens (tertiary/aromatic N) is 3. The standard InChI is InChI=1S/C28H26ClN5O3/c1-4-37-22-14-7-5-12-20(22)25-24(27(35)31-21-13-6-8-15-23(21)36-3)17(2)30-28-32-26(33-34(25)28)18-10-9-11-19(29)16-18/h5-16,25H,4H2,1-3H3,(H,31,35)(H,30,32,33). The minimum atomic E-state index is -0.603. The van der Waals surface area contributed by atoms with Gasteiger partial charge >= 0.3 is 0 Å². The maximum atomic E-state index is 13.8. The number of methoxy groups -OCH3 is 1. The molecule has 1 aliphatic heterocycles. The van der Waals surface area contributed by atoms with E-state index in [0.29, 0.717) is 51.9 Å². The second kappa shape index (κ2) is 10.4. The van der Waals surface area contributed by atoms with E-state index < -0.39 is 6.04 Å². The molecule has 3 aromatic carbocycles. The maximum Gasteiger partial charge on any atom is 0.255 e. The van der Waals surface area contributed by atoms with Gasteiger partial charge in [-0.05, 0) is 44.2 Å². The number of nitrogens with one attached hydrogen (secondary N) is 2. The summed E-state index contributed by atoms with van der Waals surface area (Å²) in [6, 6.07) is 21.7. The van der Waals surface area contributed by atoms with Gasteiger partial charge in [-0.15, -0.1) is 5.10 Å². The van der Waals surface area contributed by atoms with Crippen LogP contribution in [0.2, 0.25) is 5.02 Å². The van der Waals surface area contributed by atoms with Gasteiger partial charge in [-0.25, -0.2) is 4.68 Å². The number of ether oxygens (including phenoxy) is 2. The van der Waals surface area contributed by atoms with Crippen molar-refractivity contribution in [2.24, 2.45) is 0 Å². The monoisotopic (exact) mass is 515 g/mol. The number of hydrogen-bond donors (Lipinski definition) is 2. The number of hydrogen-bond acceptors (Lipinski definition) is 6. The van der Waals surface area contributed by atoms with Crippen molar-refractivity contribution in [1.82, 2.24) is 14.8 Å². The number of para-hydroxylation sites is 3. The van der Waals surface area contributed by atoms with Crippen LogP contribution in [0.1, 0.15) is 25.5 Å². The number of fused-ring (bicyclic) bond motifs is 1. The molecule has 37 heavy (non-hydrogen) atoms. The third kappa shape index (κ3) is 4.75. The summed E-state index contributed by atoms with van der Waals surface area (Å²) in [4.78, 5) is 18.6. The Balaban J connectivity index is 1.64. The zero-order valence-corrected chi connectivity index (χ0v) is 21.4. The van der Waals surface area contributed by atoms with Crippen LogP contribution in [0.4, 0.5) is 11.6 Å². The Hall–Kier alpha value is -4.30. The molecule has 2 heterocycles. The second-order valence-electron chi connectivity index (χ2n) is 8.41. The summed E-state index contributed by atoms with van der Waals surface area (Å²) in [5.74, 6) is 1.93. The van der Waals surface area contributed by atoms with Crippen molar-refractivity contribution >= 4 is 29.1 Å². The molecule has 1 aliphatic rings. The van der Waals surface area contributed by atoms with E-state index in [-0.39, 0.29) is 5.91 Å². The molecule has 0 bridgehead atoms. The van der Waals surface area contributed by atoms with Crippen molar-refractivity contribution in [2.45, 2.75) is 19.9 Å². The first-order valence-electron chi connectivity index (χ1n) is 11.9. The normalized spacial score (nSPS) is 14.5. The highest BCUT2D eigenvalue weighted by atomic mass is 35.5. The molecule has 0 saturated heterocycles. The molecule has 1 atom stereocenters. The van der Waals surface area contributed by atoms with Crippen LogP contribution in [-0.4, -0.2) is 34.4 Å². The molecule has 8 nitrogen and oxygen atoms in total. The average molecular weight is 516 g/mol. The molecule has 1 unspecified atom stereocenters. The summed E-state index contributed by atoms with van der Waals surface area (Å²) in [6.07, 6.45) is 0. The van der Waals surface area contributed by atoms with E-state index >= 15 is 0 Å². The van der Waals surface area contributed by atoms with E-state index in [1.807, 2.05) is 68.4 Å². The number of rotatable bonds is 7. The largest absolute Gasteiger partial charge is 0.495 e. The van der Waals surface area contributed by atoms with E-state index in [4.69, 9.17) is 31.2 Å². The lowest BCUT2D eigenvalue weighted by Gasteiger charge is -2.29. The Morgan fingerprint density at radius 2 is 1.84 bits per heavy atom. The van der Waals surface area contributed by atoms with E-state index in [9.17, 15) is 4.79 Å². The molecule has 0 saturated carbocycles. The summed E-state index contributed by atoms with van der Waals surface area (Å²) in [5.41, 5.74) is 3.26. The first-order chi connectivity index (χ1) is 18.0. The van der Waals surface area contributed by atoms with Crippen LogP contribution in [0.3, 0.4) is 0 Å². The number of carbonyl (C=O) groups is 1. The molecule has 0 radical (unpaired) electrons. The van der Waals surface area contributed by atoms with Crippen LogP contribution in [-0.2, 0) is 4.79 Å². The lowest BCUT2D eigenvalue weighted by Crippen LogP contribution is -2.31. The third-order valence-electron chi connectivity index (χ3n) is 6.05. The van der Waals surface area contributed by atoms with Gasteiger partial charge < -0.3 is 20.1 Å². The summed E-state index contributed by atoms with van der Waals surface area (Å²) in [6.45, 7) is 4.25. The quantitative estimate of drug-likeness (QED) is 0.317. The van der Waals surface area contributed by atoms with Crippen LogP contribution in [0.15, 0.2) is 84.1 Å². The predicted molar refractivity (Wildman–Crippen MR) is 144 cm³/mol. The lowest BCUT2D eigenvalue weighted by atomic mass is 9.94. The van der Waals surface area contributed by atoms with Crippen molar-refractivity contribution in [3.63, 3.8) is 0 Å². The molecule has 0 aliphatic carbocycles. The minimum Gasteiger partial charge on any atom is -0.495 e. The number of amides is 1. The topological polar surface area (TPSA) is 90.3 Å².